The highest BCUT2D eigenvalue weighted by atomic mass is 19.4. The first kappa shape index (κ1) is 7.50. The summed E-state index contributed by atoms with van der Waals surface area (Å²) < 4.78 is 37.5. The zero-order valence-electron chi connectivity index (χ0n) is 6.32. The molecule has 0 saturated heterocycles. The van der Waals surface area contributed by atoms with E-state index < -0.39 is 12.3 Å². The molecule has 2 rings (SSSR count). The molecule has 0 nitrogen and oxygen atoms in total. The van der Waals surface area contributed by atoms with Crippen LogP contribution in [0.3, 0.4) is 0 Å². The van der Waals surface area contributed by atoms with Crippen LogP contribution < -0.4 is 0 Å². The van der Waals surface area contributed by atoms with E-state index >= 15 is 0 Å². The van der Waals surface area contributed by atoms with Crippen LogP contribution in [0.15, 0.2) is 0 Å². The van der Waals surface area contributed by atoms with Crippen LogP contribution in [0.4, 0.5) is 12.9 Å². The summed E-state index contributed by atoms with van der Waals surface area (Å²) in [5.41, 5.74) is 0. The van der Waals surface area contributed by atoms with Crippen molar-refractivity contribution in [2.75, 3.05) is 0 Å². The molecule has 0 aliphatic heterocycles. The Morgan fingerprint density at radius 2 is 1.64 bits per heavy atom. The van der Waals surface area contributed by atoms with E-state index in [1.54, 1.807) is 0 Å². The van der Waals surface area contributed by atoms with Crippen LogP contribution in [0.2, 0.25) is 5.31 Å². The second kappa shape index (κ2) is 1.96. The van der Waals surface area contributed by atoms with Gasteiger partial charge in [0.1, 0.15) is 0 Å². The van der Waals surface area contributed by atoms with Gasteiger partial charge in [-0.25, -0.2) is 0 Å². The number of halogens is 3. The van der Waals surface area contributed by atoms with Crippen LogP contribution in [0.1, 0.15) is 32.1 Å². The summed E-state index contributed by atoms with van der Waals surface area (Å²) in [6.45, 7) is -4.56. The Morgan fingerprint density at radius 3 is 1.82 bits per heavy atom. The van der Waals surface area contributed by atoms with Crippen LogP contribution in [0.5, 0.6) is 0 Å². The van der Waals surface area contributed by atoms with Crippen molar-refractivity contribution >= 4 is 6.98 Å². The van der Waals surface area contributed by atoms with Gasteiger partial charge in [-0.1, -0.05) is 37.4 Å². The van der Waals surface area contributed by atoms with E-state index in [0.29, 0.717) is 25.2 Å². The standard InChI is InChI=1S/C7H11BF3/c9-8(10,11)7-3-1-6(5-7)2-4-7/h6H,1-5H2/q-1. The van der Waals surface area contributed by atoms with E-state index in [1.165, 1.54) is 0 Å². The number of hydrogen-bond acceptors (Lipinski definition) is 0. The maximum atomic E-state index is 12.5. The normalized spacial score (nSPS) is 43.4. The van der Waals surface area contributed by atoms with E-state index in [-0.39, 0.29) is 0 Å². The molecule has 0 N–H and O–H groups in total. The Balaban J connectivity index is 2.23. The lowest BCUT2D eigenvalue weighted by Crippen LogP contribution is -2.33. The minimum Gasteiger partial charge on any atom is -0.449 e. The maximum Gasteiger partial charge on any atom is 0.484 e. The maximum absolute atomic E-state index is 12.5. The Hall–Kier alpha value is -0.145. The lowest BCUT2D eigenvalue weighted by atomic mass is 9.56. The van der Waals surface area contributed by atoms with Gasteiger partial charge in [0, 0.05) is 0 Å². The molecule has 11 heavy (non-hydrogen) atoms. The molecule has 0 unspecified atom stereocenters. The molecule has 2 aliphatic carbocycles. The highest BCUT2D eigenvalue weighted by molar-refractivity contribution is 6.62. The van der Waals surface area contributed by atoms with Gasteiger partial charge in [-0.15, -0.1) is 0 Å². The van der Waals surface area contributed by atoms with Crippen molar-refractivity contribution in [3.05, 3.63) is 0 Å². The minimum atomic E-state index is -4.56. The zero-order chi connectivity index (χ0) is 8.11. The number of fused-ring (bicyclic) bond motifs is 2. The fraction of sp³-hybridized carbons (Fsp3) is 1.00. The van der Waals surface area contributed by atoms with Crippen molar-refractivity contribution in [3.8, 4) is 0 Å². The molecule has 0 aromatic carbocycles. The Labute approximate surface area is 64.2 Å². The summed E-state index contributed by atoms with van der Waals surface area (Å²) in [7, 11) is 0. The summed E-state index contributed by atoms with van der Waals surface area (Å²) >= 11 is 0. The molecule has 64 valence electrons. The molecule has 0 heterocycles. The topological polar surface area (TPSA) is 0 Å². The largest absolute Gasteiger partial charge is 0.484 e. The van der Waals surface area contributed by atoms with Gasteiger partial charge in [0.15, 0.2) is 0 Å². The average molecular weight is 163 g/mol. The second-order valence-electron chi connectivity index (χ2n) is 4.08. The van der Waals surface area contributed by atoms with Crippen molar-refractivity contribution in [3.63, 3.8) is 0 Å². The fourth-order valence-corrected chi connectivity index (χ4v) is 2.70. The third-order valence-corrected chi connectivity index (χ3v) is 3.49. The number of rotatable bonds is 1. The predicted octanol–water partition coefficient (Wildman–Crippen LogP) is 3.17. The molecule has 2 aliphatic rings. The van der Waals surface area contributed by atoms with Crippen LogP contribution in [-0.4, -0.2) is 6.98 Å². The van der Waals surface area contributed by atoms with Gasteiger partial charge < -0.3 is 12.9 Å². The van der Waals surface area contributed by atoms with Gasteiger partial charge >= 0.3 is 6.98 Å². The van der Waals surface area contributed by atoms with Gasteiger partial charge in [0.05, 0.1) is 0 Å². The summed E-state index contributed by atoms with van der Waals surface area (Å²) in [5.74, 6) is 0.401. The average Bonchev–Trinajstić information content (AvgIpc) is 2.42. The highest BCUT2D eigenvalue weighted by Gasteiger charge is 2.56. The molecule has 2 saturated carbocycles. The second-order valence-corrected chi connectivity index (χ2v) is 4.08. The van der Waals surface area contributed by atoms with Crippen molar-refractivity contribution in [1.82, 2.24) is 0 Å². The van der Waals surface area contributed by atoms with Gasteiger partial charge in [0.2, 0.25) is 0 Å². The Bertz CT molecular complexity index is 167. The van der Waals surface area contributed by atoms with Gasteiger partial charge in [-0.3, -0.25) is 0 Å². The molecule has 4 heteroatoms. The molecular weight excluding hydrogens is 152 g/mol. The summed E-state index contributed by atoms with van der Waals surface area (Å²) in [5, 5.41) is -1.19. The molecule has 0 spiro atoms. The molecule has 2 fully saturated rings. The monoisotopic (exact) mass is 163 g/mol. The minimum absolute atomic E-state index is 0.401. The van der Waals surface area contributed by atoms with Crippen LogP contribution in [0.25, 0.3) is 0 Å². The lowest BCUT2D eigenvalue weighted by Gasteiger charge is -2.36. The van der Waals surface area contributed by atoms with E-state index in [2.05, 4.69) is 0 Å². The Kier molecular flexibility index (Phi) is 1.34. The molecule has 0 radical (unpaired) electrons. The lowest BCUT2D eigenvalue weighted by molar-refractivity contribution is 0.349. The zero-order valence-corrected chi connectivity index (χ0v) is 6.32. The van der Waals surface area contributed by atoms with E-state index in [4.69, 9.17) is 0 Å². The molecule has 0 atom stereocenters. The SMILES string of the molecule is F[B-](F)(F)C12CCC(CC1)C2. The van der Waals surface area contributed by atoms with Crippen molar-refractivity contribution in [2.24, 2.45) is 5.92 Å². The summed E-state index contributed by atoms with van der Waals surface area (Å²) in [6.07, 6.45) is 2.92. The highest BCUT2D eigenvalue weighted by Crippen LogP contribution is 2.65. The fourth-order valence-electron chi connectivity index (χ4n) is 2.70. The van der Waals surface area contributed by atoms with Crippen LogP contribution in [-0.2, 0) is 0 Å². The third kappa shape index (κ3) is 0.910. The van der Waals surface area contributed by atoms with Gasteiger partial charge in [-0.05, 0) is 5.92 Å². The van der Waals surface area contributed by atoms with Crippen molar-refractivity contribution in [2.45, 2.75) is 37.4 Å². The van der Waals surface area contributed by atoms with Crippen LogP contribution in [0, 0.1) is 5.92 Å². The molecule has 2 bridgehead atoms. The predicted molar refractivity (Wildman–Crippen MR) is 38.3 cm³/mol. The third-order valence-electron chi connectivity index (χ3n) is 3.49. The van der Waals surface area contributed by atoms with Crippen LogP contribution >= 0.6 is 0 Å². The quantitative estimate of drug-likeness (QED) is 0.520. The summed E-state index contributed by atoms with van der Waals surface area (Å²) in [4.78, 5) is 0. The molecular formula is C7H11BF3-. The molecule has 0 aromatic heterocycles. The first-order valence-electron chi connectivity index (χ1n) is 4.23. The van der Waals surface area contributed by atoms with Crippen molar-refractivity contribution < 1.29 is 12.9 Å². The van der Waals surface area contributed by atoms with Gasteiger partial charge in [-0.2, -0.15) is 0 Å². The summed E-state index contributed by atoms with van der Waals surface area (Å²) in [6, 6.07) is 0. The van der Waals surface area contributed by atoms with E-state index in [9.17, 15) is 12.9 Å². The van der Waals surface area contributed by atoms with Crippen molar-refractivity contribution in [1.29, 1.82) is 0 Å². The van der Waals surface area contributed by atoms with E-state index in [1.807, 2.05) is 0 Å². The smallest absolute Gasteiger partial charge is 0.449 e. The molecule has 0 amide bonds. The first-order valence-corrected chi connectivity index (χ1v) is 4.23. The Morgan fingerprint density at radius 1 is 1.09 bits per heavy atom. The first-order chi connectivity index (χ1) is 5.04. The van der Waals surface area contributed by atoms with Gasteiger partial charge in [0.25, 0.3) is 0 Å². The molecule has 0 aromatic rings. The number of hydrogen-bond donors (Lipinski definition) is 0. The van der Waals surface area contributed by atoms with E-state index in [0.717, 1.165) is 12.8 Å².